The first-order valence-corrected chi connectivity index (χ1v) is 19.5. The van der Waals surface area contributed by atoms with Gasteiger partial charge in [-0.1, -0.05) is 39.0 Å². The fourth-order valence-corrected chi connectivity index (χ4v) is 9.39. The molecule has 10 heteroatoms. The van der Waals surface area contributed by atoms with E-state index >= 15 is 0 Å². The van der Waals surface area contributed by atoms with Gasteiger partial charge in [0.05, 0.1) is 23.1 Å². The third-order valence-electron chi connectivity index (χ3n) is 12.4. The van der Waals surface area contributed by atoms with Crippen LogP contribution in [0.5, 0.6) is 0 Å². The van der Waals surface area contributed by atoms with Crippen LogP contribution >= 0.6 is 0 Å². The molecule has 55 heavy (non-hydrogen) atoms. The number of terminal acetylenes is 1. The molecule has 2 atom stereocenters. The van der Waals surface area contributed by atoms with Crippen LogP contribution in [0.3, 0.4) is 0 Å². The number of carbonyl (C=O) groups excluding carboxylic acids is 4. The Balaban J connectivity index is 0.959. The number of imide groups is 1. The van der Waals surface area contributed by atoms with Crippen LogP contribution < -0.4 is 15.5 Å². The van der Waals surface area contributed by atoms with E-state index in [0.29, 0.717) is 41.6 Å². The summed E-state index contributed by atoms with van der Waals surface area (Å²) in [4.78, 5) is 60.2. The van der Waals surface area contributed by atoms with Crippen molar-refractivity contribution in [1.29, 1.82) is 5.26 Å². The molecule has 4 aliphatic rings. The minimum Gasteiger partial charge on any atom is -0.369 e. The number of hydrogen-bond donors (Lipinski definition) is 3. The molecule has 2 fully saturated rings. The summed E-state index contributed by atoms with van der Waals surface area (Å²) in [5.74, 6) is 1.64. The summed E-state index contributed by atoms with van der Waals surface area (Å²) < 4.78 is 0. The SMILES string of the molecule is C#CCC(CCCN1CCN(c2cc3c(cc2CC)C(=O)c2c([nH]c4cc(C#N)ccc24)C3(C)C)CC1)c1cc2c(c(C3CCC(=O)NC3=O)c1)C(=O)NC2. The van der Waals surface area contributed by atoms with Gasteiger partial charge in [0.2, 0.25) is 11.8 Å². The fourth-order valence-electron chi connectivity index (χ4n) is 9.39. The quantitative estimate of drug-likeness (QED) is 0.143. The van der Waals surface area contributed by atoms with Crippen LogP contribution in [0.1, 0.15) is 130 Å². The number of rotatable bonds is 9. The molecule has 4 heterocycles. The zero-order valence-electron chi connectivity index (χ0n) is 31.7. The number of aryl methyl sites for hydroxylation is 1. The van der Waals surface area contributed by atoms with E-state index in [1.165, 1.54) is 11.3 Å². The minimum atomic E-state index is -0.544. The highest BCUT2D eigenvalue weighted by molar-refractivity contribution is 6.20. The molecule has 8 rings (SSSR count). The Morgan fingerprint density at radius 1 is 1.02 bits per heavy atom. The summed E-state index contributed by atoms with van der Waals surface area (Å²) in [6, 6.07) is 16.1. The first-order valence-electron chi connectivity index (χ1n) is 19.5. The molecule has 0 spiro atoms. The molecule has 4 aromatic rings. The van der Waals surface area contributed by atoms with Crippen molar-refractivity contribution in [3.8, 4) is 18.4 Å². The number of benzene rings is 3. The second kappa shape index (κ2) is 14.2. The first-order chi connectivity index (χ1) is 26.5. The molecule has 0 radical (unpaired) electrons. The number of piperidine rings is 1. The van der Waals surface area contributed by atoms with Gasteiger partial charge in [0.15, 0.2) is 5.78 Å². The molecule has 3 aromatic carbocycles. The van der Waals surface area contributed by atoms with Crippen molar-refractivity contribution < 1.29 is 19.2 Å². The number of amides is 3. The molecule has 1 aromatic heterocycles. The number of aromatic nitrogens is 1. The molecule has 0 bridgehead atoms. The zero-order chi connectivity index (χ0) is 38.6. The first kappa shape index (κ1) is 36.3. The number of nitrogens with zero attached hydrogens (tertiary/aromatic N) is 3. The summed E-state index contributed by atoms with van der Waals surface area (Å²) in [6.45, 7) is 11.4. The minimum absolute atomic E-state index is 0.0340. The largest absolute Gasteiger partial charge is 0.369 e. The number of ketones is 1. The van der Waals surface area contributed by atoms with Crippen LogP contribution in [0.2, 0.25) is 0 Å². The molecule has 3 amide bonds. The smallest absolute Gasteiger partial charge is 0.252 e. The third kappa shape index (κ3) is 6.29. The van der Waals surface area contributed by atoms with E-state index < -0.39 is 11.3 Å². The lowest BCUT2D eigenvalue weighted by atomic mass is 9.70. The van der Waals surface area contributed by atoms with E-state index in [2.05, 4.69) is 76.4 Å². The molecule has 2 saturated heterocycles. The Morgan fingerprint density at radius 3 is 2.55 bits per heavy atom. The van der Waals surface area contributed by atoms with Gasteiger partial charge < -0.3 is 15.2 Å². The van der Waals surface area contributed by atoms with Gasteiger partial charge in [-0.05, 0) is 90.2 Å². The van der Waals surface area contributed by atoms with Crippen molar-refractivity contribution in [1.82, 2.24) is 20.5 Å². The molecule has 0 saturated carbocycles. The third-order valence-corrected chi connectivity index (χ3v) is 12.4. The summed E-state index contributed by atoms with van der Waals surface area (Å²) in [5.41, 5.74) is 9.90. The Bertz CT molecular complexity index is 2370. The number of piperazine rings is 1. The predicted molar refractivity (Wildman–Crippen MR) is 211 cm³/mol. The lowest BCUT2D eigenvalue weighted by molar-refractivity contribution is -0.134. The van der Waals surface area contributed by atoms with Gasteiger partial charge in [-0.25, -0.2) is 0 Å². The normalized spacial score (nSPS) is 19.6. The van der Waals surface area contributed by atoms with Crippen molar-refractivity contribution in [2.45, 2.75) is 83.1 Å². The van der Waals surface area contributed by atoms with Crippen LogP contribution in [0.15, 0.2) is 42.5 Å². The summed E-state index contributed by atoms with van der Waals surface area (Å²) in [7, 11) is 0. The Hall–Kier alpha value is -5.71. The number of nitrogens with one attached hydrogen (secondary N) is 3. The zero-order valence-corrected chi connectivity index (χ0v) is 31.7. The van der Waals surface area contributed by atoms with Gasteiger partial charge in [-0.3, -0.25) is 29.4 Å². The van der Waals surface area contributed by atoms with E-state index in [1.807, 2.05) is 18.2 Å². The number of carbonyl (C=O) groups is 4. The van der Waals surface area contributed by atoms with Crippen molar-refractivity contribution in [2.75, 3.05) is 37.6 Å². The van der Waals surface area contributed by atoms with Crippen molar-refractivity contribution in [3.63, 3.8) is 0 Å². The maximum Gasteiger partial charge on any atom is 0.252 e. The van der Waals surface area contributed by atoms with Gasteiger partial charge in [0.1, 0.15) is 0 Å². The highest BCUT2D eigenvalue weighted by atomic mass is 16.2. The second-order valence-corrected chi connectivity index (χ2v) is 16.0. The van der Waals surface area contributed by atoms with Crippen LogP contribution in [0.4, 0.5) is 5.69 Å². The average Bonchev–Trinajstić information content (AvgIpc) is 3.77. The number of fused-ring (bicyclic) bond motifs is 5. The Labute approximate surface area is 321 Å². The molecule has 3 aliphatic heterocycles. The van der Waals surface area contributed by atoms with Gasteiger partial charge >= 0.3 is 0 Å². The monoisotopic (exact) mass is 734 g/mol. The molecule has 2 unspecified atom stereocenters. The van der Waals surface area contributed by atoms with Crippen molar-refractivity contribution in [3.05, 3.63) is 98.2 Å². The second-order valence-electron chi connectivity index (χ2n) is 16.0. The standard InChI is InChI=1S/C45H46N6O4/c1-5-8-28(29-20-30-25-47-44(55)39(30)33(22-29)31-12-13-38(52)49-43(31)54)9-7-14-50-15-17-51(18-16-50)37-23-35-34(21-27(37)6-2)41(53)40-32-11-10-26(24-46)19-36(32)48-42(40)45(35,3)4/h1,10-11,19-23,28,31,48H,6-9,12-18,25H2,2-4H3,(H,47,55)(H,49,52,54). The van der Waals surface area contributed by atoms with Gasteiger partial charge in [0, 0.05) is 84.4 Å². The van der Waals surface area contributed by atoms with E-state index in [9.17, 15) is 24.4 Å². The highest BCUT2D eigenvalue weighted by Crippen LogP contribution is 2.46. The van der Waals surface area contributed by atoms with E-state index in [1.54, 1.807) is 6.07 Å². The average molecular weight is 735 g/mol. The van der Waals surface area contributed by atoms with E-state index in [4.69, 9.17) is 6.42 Å². The Morgan fingerprint density at radius 2 is 1.82 bits per heavy atom. The topological polar surface area (TPSA) is 138 Å². The molecular formula is C45H46N6O4. The van der Waals surface area contributed by atoms with Crippen molar-refractivity contribution >= 4 is 40.1 Å². The molecule has 1 aliphatic carbocycles. The maximum absolute atomic E-state index is 14.1. The van der Waals surface area contributed by atoms with E-state index in [-0.39, 0.29) is 35.8 Å². The summed E-state index contributed by atoms with van der Waals surface area (Å²) >= 11 is 0. The molecule has 3 N–H and O–H groups in total. The number of aromatic amines is 1. The molecular weight excluding hydrogens is 689 g/mol. The maximum atomic E-state index is 14.1. The van der Waals surface area contributed by atoms with Gasteiger partial charge in [-0.2, -0.15) is 5.26 Å². The van der Waals surface area contributed by atoms with Crippen molar-refractivity contribution in [2.24, 2.45) is 0 Å². The summed E-state index contributed by atoms with van der Waals surface area (Å²) in [6.07, 6.45) is 9.72. The van der Waals surface area contributed by atoms with Crippen LogP contribution in [-0.4, -0.2) is 66.1 Å². The van der Waals surface area contributed by atoms with Gasteiger partial charge in [-0.15, -0.1) is 12.3 Å². The number of H-pyrrole nitrogens is 1. The van der Waals surface area contributed by atoms with Crippen LogP contribution in [-0.2, 0) is 28.0 Å². The number of hydrogen-bond acceptors (Lipinski definition) is 7. The highest BCUT2D eigenvalue weighted by Gasteiger charge is 2.41. The Kier molecular flexibility index (Phi) is 9.35. The number of nitriles is 1. The van der Waals surface area contributed by atoms with Crippen LogP contribution in [0.25, 0.3) is 10.9 Å². The van der Waals surface area contributed by atoms with Gasteiger partial charge in [0.25, 0.3) is 5.91 Å². The molecule has 280 valence electrons. The lowest BCUT2D eigenvalue weighted by Gasteiger charge is -2.39. The van der Waals surface area contributed by atoms with E-state index in [0.717, 1.165) is 90.8 Å². The predicted octanol–water partition coefficient (Wildman–Crippen LogP) is 5.95. The number of anilines is 1. The van der Waals surface area contributed by atoms with Crippen LogP contribution in [0, 0.1) is 23.7 Å². The fraction of sp³-hybridized carbons (Fsp3) is 0.400. The summed E-state index contributed by atoms with van der Waals surface area (Å²) in [5, 5.41) is 15.7. The lowest BCUT2D eigenvalue weighted by Crippen LogP contribution is -2.47. The molecule has 10 nitrogen and oxygen atoms in total.